The molecule has 0 aliphatic carbocycles. The Hall–Kier alpha value is -3.67. The second kappa shape index (κ2) is 8.43. The third kappa shape index (κ3) is 4.45. The number of methoxy groups -OCH3 is 1. The van der Waals surface area contributed by atoms with E-state index in [0.717, 1.165) is 19.2 Å². The molecule has 0 unspecified atom stereocenters. The lowest BCUT2D eigenvalue weighted by Gasteiger charge is -2.20. The van der Waals surface area contributed by atoms with Gasteiger partial charge >= 0.3 is 5.97 Å². The third-order valence-electron chi connectivity index (χ3n) is 3.50. The summed E-state index contributed by atoms with van der Waals surface area (Å²) >= 11 is 0. The molecule has 0 radical (unpaired) electrons. The molecule has 0 atom stereocenters. The van der Waals surface area contributed by atoms with E-state index in [2.05, 4.69) is 4.74 Å². The highest BCUT2D eigenvalue weighted by Gasteiger charge is 2.22. The lowest BCUT2D eigenvalue weighted by molar-refractivity contribution is -0.384. The molecule has 2 rings (SSSR count). The Morgan fingerprint density at radius 1 is 1.35 bits per heavy atom. The molecule has 0 spiro atoms. The van der Waals surface area contributed by atoms with Gasteiger partial charge < -0.3 is 14.1 Å². The van der Waals surface area contributed by atoms with Crippen LogP contribution in [0.4, 0.5) is 5.69 Å². The van der Waals surface area contributed by atoms with Gasteiger partial charge in [-0.15, -0.1) is 0 Å². The predicted molar refractivity (Wildman–Crippen MR) is 88.1 cm³/mol. The second-order valence-corrected chi connectivity index (χ2v) is 5.23. The van der Waals surface area contributed by atoms with Crippen LogP contribution in [0.3, 0.4) is 0 Å². The standard InChI is InChI=1S/C17H15N3O6/c1-25-17(22)13-8-12(9-14(10-13)20(23)24)16(21)19(6-3-5-18)11-15-4-2-7-26-15/h2,4,7-10H,3,6,11H2,1H3. The van der Waals surface area contributed by atoms with Gasteiger partial charge in [0.2, 0.25) is 0 Å². The van der Waals surface area contributed by atoms with Gasteiger partial charge in [-0.2, -0.15) is 5.26 Å². The van der Waals surface area contributed by atoms with Crippen molar-refractivity contribution < 1.29 is 23.7 Å². The summed E-state index contributed by atoms with van der Waals surface area (Å²) in [7, 11) is 1.14. The first kappa shape index (κ1) is 18.7. The number of non-ortho nitro benzene ring substituents is 1. The van der Waals surface area contributed by atoms with E-state index in [9.17, 15) is 19.7 Å². The van der Waals surface area contributed by atoms with Crippen molar-refractivity contribution >= 4 is 17.6 Å². The highest BCUT2D eigenvalue weighted by Crippen LogP contribution is 2.20. The number of hydrogen-bond donors (Lipinski definition) is 0. The molecule has 134 valence electrons. The maximum atomic E-state index is 12.8. The fraction of sp³-hybridized carbons (Fsp3) is 0.235. The minimum absolute atomic E-state index is 0.0518. The van der Waals surface area contributed by atoms with Crippen molar-refractivity contribution in [3.63, 3.8) is 0 Å². The van der Waals surface area contributed by atoms with Crippen LogP contribution in [0.5, 0.6) is 0 Å². The maximum absolute atomic E-state index is 12.8. The topological polar surface area (TPSA) is 127 Å². The van der Waals surface area contributed by atoms with Crippen LogP contribution in [0.1, 0.15) is 32.9 Å². The Balaban J connectivity index is 2.39. The normalized spacial score (nSPS) is 10.0. The zero-order valence-corrected chi connectivity index (χ0v) is 13.9. The zero-order chi connectivity index (χ0) is 19.1. The number of carbonyl (C=O) groups excluding carboxylic acids is 2. The number of esters is 1. The SMILES string of the molecule is COC(=O)c1cc(C(=O)N(CCC#N)Cc2ccco2)cc([N+](=O)[O-])c1. The number of nitro benzene ring substituents is 1. The molecule has 1 aromatic carbocycles. The summed E-state index contributed by atoms with van der Waals surface area (Å²) < 4.78 is 9.78. The average Bonchev–Trinajstić information content (AvgIpc) is 3.16. The molecule has 1 heterocycles. The van der Waals surface area contributed by atoms with E-state index in [0.29, 0.717) is 5.76 Å². The predicted octanol–water partition coefficient (Wildman–Crippen LogP) is 2.53. The molecule has 0 bridgehead atoms. The van der Waals surface area contributed by atoms with Gasteiger partial charge in [-0.1, -0.05) is 0 Å². The number of rotatable bonds is 7. The van der Waals surface area contributed by atoms with Gasteiger partial charge in [-0.25, -0.2) is 4.79 Å². The van der Waals surface area contributed by atoms with Gasteiger partial charge in [0.1, 0.15) is 5.76 Å². The van der Waals surface area contributed by atoms with Crippen molar-refractivity contribution in [3.8, 4) is 6.07 Å². The Kier molecular flexibility index (Phi) is 6.06. The summed E-state index contributed by atoms with van der Waals surface area (Å²) in [6.45, 7) is 0.191. The number of furan rings is 1. The number of nitrogens with zero attached hydrogens (tertiary/aromatic N) is 3. The van der Waals surface area contributed by atoms with Crippen molar-refractivity contribution in [1.82, 2.24) is 4.90 Å². The van der Waals surface area contributed by atoms with Crippen LogP contribution in [0, 0.1) is 21.4 Å². The summed E-state index contributed by atoms with van der Waals surface area (Å²) in [4.78, 5) is 36.3. The highest BCUT2D eigenvalue weighted by atomic mass is 16.6. The fourth-order valence-corrected chi connectivity index (χ4v) is 2.29. The quantitative estimate of drug-likeness (QED) is 0.423. The zero-order valence-electron chi connectivity index (χ0n) is 13.9. The van der Waals surface area contributed by atoms with Crippen LogP contribution in [-0.4, -0.2) is 35.4 Å². The van der Waals surface area contributed by atoms with Gasteiger partial charge in [0.05, 0.1) is 42.9 Å². The summed E-state index contributed by atoms with van der Waals surface area (Å²) in [6.07, 6.45) is 1.52. The van der Waals surface area contributed by atoms with Gasteiger partial charge in [0.25, 0.3) is 11.6 Å². The van der Waals surface area contributed by atoms with E-state index < -0.39 is 22.5 Å². The lowest BCUT2D eigenvalue weighted by Crippen LogP contribution is -2.31. The monoisotopic (exact) mass is 357 g/mol. The van der Waals surface area contributed by atoms with E-state index >= 15 is 0 Å². The average molecular weight is 357 g/mol. The number of benzene rings is 1. The van der Waals surface area contributed by atoms with Crippen molar-refractivity contribution in [2.45, 2.75) is 13.0 Å². The minimum atomic E-state index is -0.794. The number of hydrogen-bond acceptors (Lipinski definition) is 7. The molecule has 26 heavy (non-hydrogen) atoms. The number of ether oxygens (including phenoxy) is 1. The van der Waals surface area contributed by atoms with E-state index in [4.69, 9.17) is 9.68 Å². The maximum Gasteiger partial charge on any atom is 0.338 e. The van der Waals surface area contributed by atoms with Gasteiger partial charge in [-0.05, 0) is 18.2 Å². The molecule has 1 amide bonds. The first-order valence-corrected chi connectivity index (χ1v) is 7.52. The molecule has 0 saturated heterocycles. The van der Waals surface area contributed by atoms with Crippen molar-refractivity contribution in [2.75, 3.05) is 13.7 Å². The summed E-state index contributed by atoms with van der Waals surface area (Å²) in [5, 5.41) is 19.9. The molecule has 0 saturated carbocycles. The second-order valence-electron chi connectivity index (χ2n) is 5.23. The van der Waals surface area contributed by atoms with Gasteiger partial charge in [-0.3, -0.25) is 14.9 Å². The Morgan fingerprint density at radius 3 is 2.65 bits per heavy atom. The van der Waals surface area contributed by atoms with Crippen LogP contribution in [0.25, 0.3) is 0 Å². The number of nitro groups is 1. The van der Waals surface area contributed by atoms with Crippen LogP contribution < -0.4 is 0 Å². The first-order valence-electron chi connectivity index (χ1n) is 7.52. The summed E-state index contributed by atoms with van der Waals surface area (Å²) in [6, 6.07) is 8.61. The minimum Gasteiger partial charge on any atom is -0.467 e. The van der Waals surface area contributed by atoms with E-state index in [1.54, 1.807) is 12.1 Å². The van der Waals surface area contributed by atoms with E-state index in [1.165, 1.54) is 17.2 Å². The number of carbonyl (C=O) groups is 2. The summed E-state index contributed by atoms with van der Waals surface area (Å²) in [5.41, 5.74) is -0.568. The smallest absolute Gasteiger partial charge is 0.338 e. The van der Waals surface area contributed by atoms with Crippen molar-refractivity contribution in [3.05, 3.63) is 63.6 Å². The number of nitriles is 1. The molecule has 9 nitrogen and oxygen atoms in total. The van der Waals surface area contributed by atoms with Crippen LogP contribution in [0.15, 0.2) is 41.0 Å². The highest BCUT2D eigenvalue weighted by molar-refractivity contribution is 5.99. The van der Waals surface area contributed by atoms with Crippen LogP contribution in [-0.2, 0) is 11.3 Å². The Bertz CT molecular complexity index is 854. The third-order valence-corrected chi connectivity index (χ3v) is 3.50. The summed E-state index contributed by atoms with van der Waals surface area (Å²) in [5.74, 6) is -0.863. The molecule has 1 aromatic heterocycles. The largest absolute Gasteiger partial charge is 0.467 e. The molecule has 0 aliphatic heterocycles. The molecular formula is C17H15N3O6. The Labute approximate surface area is 148 Å². The molecular weight excluding hydrogens is 342 g/mol. The Morgan fingerprint density at radius 2 is 2.08 bits per heavy atom. The lowest BCUT2D eigenvalue weighted by atomic mass is 10.1. The van der Waals surface area contributed by atoms with Crippen LogP contribution >= 0.6 is 0 Å². The molecule has 2 aromatic rings. The molecule has 0 N–H and O–H groups in total. The number of amides is 1. The van der Waals surface area contributed by atoms with Gasteiger partial charge in [0.15, 0.2) is 0 Å². The molecule has 0 fully saturated rings. The van der Waals surface area contributed by atoms with Crippen molar-refractivity contribution in [1.29, 1.82) is 5.26 Å². The van der Waals surface area contributed by atoms with E-state index in [-0.39, 0.29) is 30.6 Å². The molecule has 0 aliphatic rings. The van der Waals surface area contributed by atoms with Gasteiger partial charge in [0, 0.05) is 24.2 Å². The fourth-order valence-electron chi connectivity index (χ4n) is 2.29. The molecule has 9 heteroatoms. The van der Waals surface area contributed by atoms with Crippen LogP contribution in [0.2, 0.25) is 0 Å². The van der Waals surface area contributed by atoms with Crippen molar-refractivity contribution in [2.24, 2.45) is 0 Å². The first-order chi connectivity index (χ1) is 12.5. The van der Waals surface area contributed by atoms with E-state index in [1.807, 2.05) is 6.07 Å².